The molecule has 2 aromatic rings. The number of ether oxygens (including phenoxy) is 1. The molecule has 0 atom stereocenters. The van der Waals surface area contributed by atoms with Gasteiger partial charge in [0.2, 0.25) is 0 Å². The Morgan fingerprint density at radius 3 is 2.74 bits per heavy atom. The van der Waals surface area contributed by atoms with Crippen LogP contribution in [0.15, 0.2) is 41.1 Å². The van der Waals surface area contributed by atoms with Gasteiger partial charge in [-0.3, -0.25) is 14.9 Å². The topological polar surface area (TPSA) is 81.5 Å². The molecule has 0 unspecified atom stereocenters. The van der Waals surface area contributed by atoms with Gasteiger partial charge in [-0.2, -0.15) is 23.1 Å². The molecule has 0 bridgehead atoms. The third-order valence-electron chi connectivity index (χ3n) is 2.83. The van der Waals surface area contributed by atoms with Gasteiger partial charge < -0.3 is 10.1 Å². The maximum absolute atomic E-state index is 11.6. The van der Waals surface area contributed by atoms with Crippen LogP contribution in [0.25, 0.3) is 0 Å². The minimum atomic E-state index is -0.482. The monoisotopic (exact) mass is 352 g/mol. The Balaban J connectivity index is 1.58. The van der Waals surface area contributed by atoms with Gasteiger partial charge in [0.1, 0.15) is 5.75 Å². The van der Waals surface area contributed by atoms with E-state index in [0.717, 1.165) is 11.5 Å². The average Bonchev–Trinajstić information content (AvgIpc) is 3.06. The molecule has 1 N–H and O–H groups in total. The second kappa shape index (κ2) is 9.16. The molecule has 1 aromatic carbocycles. The number of carbonyl (C=O) groups excluding carboxylic acids is 1. The molecular weight excluding hydrogens is 336 g/mol. The maximum atomic E-state index is 11.6. The van der Waals surface area contributed by atoms with Crippen LogP contribution in [0.4, 0.5) is 5.69 Å². The molecule has 1 aromatic heterocycles. The molecule has 1 amide bonds. The van der Waals surface area contributed by atoms with Crippen LogP contribution in [0.1, 0.15) is 5.56 Å². The van der Waals surface area contributed by atoms with E-state index in [1.54, 1.807) is 23.1 Å². The molecule has 0 saturated carbocycles. The predicted molar refractivity (Wildman–Crippen MR) is 92.1 cm³/mol. The third kappa shape index (κ3) is 6.29. The van der Waals surface area contributed by atoms with Crippen LogP contribution in [0.2, 0.25) is 0 Å². The summed E-state index contributed by atoms with van der Waals surface area (Å²) >= 11 is 3.44. The molecule has 0 aliphatic carbocycles. The van der Waals surface area contributed by atoms with Crippen molar-refractivity contribution in [3.05, 3.63) is 56.8 Å². The lowest BCUT2D eigenvalue weighted by molar-refractivity contribution is -0.384. The van der Waals surface area contributed by atoms with Crippen molar-refractivity contribution in [1.82, 2.24) is 5.32 Å². The molecule has 0 fully saturated rings. The number of non-ortho nitro benzene ring substituents is 1. The Morgan fingerprint density at radius 2 is 2.09 bits per heavy atom. The van der Waals surface area contributed by atoms with E-state index in [1.165, 1.54) is 29.8 Å². The molecule has 0 spiro atoms. The summed E-state index contributed by atoms with van der Waals surface area (Å²) in [5, 5.41) is 17.5. The predicted octanol–water partition coefficient (Wildman–Crippen LogP) is 3.08. The maximum Gasteiger partial charge on any atom is 0.269 e. The van der Waals surface area contributed by atoms with Crippen LogP contribution in [0.3, 0.4) is 0 Å². The number of thioether (sulfide) groups is 1. The van der Waals surface area contributed by atoms with E-state index in [2.05, 4.69) is 16.8 Å². The van der Waals surface area contributed by atoms with E-state index in [9.17, 15) is 14.9 Å². The van der Waals surface area contributed by atoms with Crippen molar-refractivity contribution < 1.29 is 14.5 Å². The van der Waals surface area contributed by atoms with Gasteiger partial charge in [0.15, 0.2) is 6.61 Å². The van der Waals surface area contributed by atoms with Crippen molar-refractivity contribution in [2.75, 3.05) is 18.9 Å². The number of rotatable bonds is 9. The number of nitrogens with one attached hydrogen (secondary N) is 1. The first-order valence-corrected chi connectivity index (χ1v) is 8.97. The van der Waals surface area contributed by atoms with E-state index in [4.69, 9.17) is 4.74 Å². The highest BCUT2D eigenvalue weighted by Crippen LogP contribution is 2.17. The van der Waals surface area contributed by atoms with E-state index >= 15 is 0 Å². The number of hydrogen-bond donors (Lipinski definition) is 1. The van der Waals surface area contributed by atoms with Crippen LogP contribution in [0, 0.1) is 10.1 Å². The Morgan fingerprint density at radius 1 is 1.30 bits per heavy atom. The highest BCUT2D eigenvalue weighted by atomic mass is 32.2. The first-order chi connectivity index (χ1) is 11.1. The van der Waals surface area contributed by atoms with Gasteiger partial charge in [-0.15, -0.1) is 0 Å². The molecule has 6 nitrogen and oxygen atoms in total. The first-order valence-electron chi connectivity index (χ1n) is 6.88. The molecule has 0 aliphatic heterocycles. The normalized spacial score (nSPS) is 10.3. The average molecular weight is 352 g/mol. The summed E-state index contributed by atoms with van der Waals surface area (Å²) in [7, 11) is 0. The third-order valence-corrected chi connectivity index (χ3v) is 4.60. The van der Waals surface area contributed by atoms with Crippen LogP contribution < -0.4 is 10.1 Å². The fraction of sp³-hybridized carbons (Fsp3) is 0.267. The van der Waals surface area contributed by atoms with Crippen molar-refractivity contribution in [3.63, 3.8) is 0 Å². The van der Waals surface area contributed by atoms with Crippen LogP contribution in [-0.4, -0.2) is 29.7 Å². The number of nitro groups is 1. The minimum Gasteiger partial charge on any atom is -0.484 e. The van der Waals surface area contributed by atoms with Gasteiger partial charge in [0.05, 0.1) is 4.92 Å². The zero-order valence-corrected chi connectivity index (χ0v) is 13.9. The molecule has 2 rings (SSSR count). The van der Waals surface area contributed by atoms with Gasteiger partial charge >= 0.3 is 0 Å². The van der Waals surface area contributed by atoms with Gasteiger partial charge in [-0.25, -0.2) is 0 Å². The Hall–Kier alpha value is -2.06. The van der Waals surface area contributed by atoms with Crippen LogP contribution in [-0.2, 0) is 10.5 Å². The summed E-state index contributed by atoms with van der Waals surface area (Å²) in [6.07, 6.45) is 0. The number of nitrogens with zero attached hydrogens (tertiary/aromatic N) is 1. The Bertz CT molecular complexity index is 629. The number of amides is 1. The lowest BCUT2D eigenvalue weighted by Gasteiger charge is -2.07. The van der Waals surface area contributed by atoms with E-state index in [-0.39, 0.29) is 18.2 Å². The van der Waals surface area contributed by atoms with Crippen molar-refractivity contribution >= 4 is 34.7 Å². The molecule has 8 heteroatoms. The second-order valence-corrected chi connectivity index (χ2v) is 6.46. The smallest absolute Gasteiger partial charge is 0.269 e. The number of nitro benzene ring substituents is 1. The van der Waals surface area contributed by atoms with Crippen LogP contribution in [0.5, 0.6) is 5.75 Å². The zero-order chi connectivity index (χ0) is 16.5. The quantitative estimate of drug-likeness (QED) is 0.426. The standard InChI is InChI=1S/C15H16N2O4S2/c18-15(16-6-8-23-11-12-5-7-22-10-12)9-21-14-3-1-13(2-4-14)17(19)20/h1-5,7,10H,6,8-9,11H2,(H,16,18). The fourth-order valence-electron chi connectivity index (χ4n) is 1.69. The highest BCUT2D eigenvalue weighted by molar-refractivity contribution is 7.98. The fourth-order valence-corrected chi connectivity index (χ4v) is 3.27. The van der Waals surface area contributed by atoms with Gasteiger partial charge in [0.25, 0.3) is 11.6 Å². The van der Waals surface area contributed by atoms with Crippen molar-refractivity contribution in [2.45, 2.75) is 5.75 Å². The summed E-state index contributed by atoms with van der Waals surface area (Å²) in [5.41, 5.74) is 1.29. The lowest BCUT2D eigenvalue weighted by atomic mass is 10.3. The molecule has 0 aliphatic rings. The van der Waals surface area contributed by atoms with Gasteiger partial charge in [0, 0.05) is 30.2 Å². The molecule has 122 valence electrons. The largest absolute Gasteiger partial charge is 0.484 e. The summed E-state index contributed by atoms with van der Waals surface area (Å²) < 4.78 is 5.28. The molecule has 1 heterocycles. The minimum absolute atomic E-state index is 0.00977. The van der Waals surface area contributed by atoms with Crippen molar-refractivity contribution in [1.29, 1.82) is 0 Å². The summed E-state index contributed by atoms with van der Waals surface area (Å²) in [4.78, 5) is 21.7. The molecular formula is C15H16N2O4S2. The molecule has 0 saturated heterocycles. The van der Waals surface area contributed by atoms with E-state index < -0.39 is 4.92 Å². The number of benzene rings is 1. The second-order valence-electron chi connectivity index (χ2n) is 4.57. The van der Waals surface area contributed by atoms with Gasteiger partial charge in [-0.1, -0.05) is 0 Å². The summed E-state index contributed by atoms with van der Waals surface area (Å²) in [6.45, 7) is 0.476. The van der Waals surface area contributed by atoms with E-state index in [1.807, 2.05) is 5.38 Å². The number of thiophene rings is 1. The first kappa shape index (κ1) is 17.3. The van der Waals surface area contributed by atoms with Crippen molar-refractivity contribution in [2.24, 2.45) is 0 Å². The summed E-state index contributed by atoms with van der Waals surface area (Å²) in [5.74, 6) is 2.00. The van der Waals surface area contributed by atoms with Crippen LogP contribution >= 0.6 is 23.1 Å². The Labute approximate surface area is 142 Å². The molecule has 0 radical (unpaired) electrons. The zero-order valence-electron chi connectivity index (χ0n) is 12.3. The van der Waals surface area contributed by atoms with E-state index in [0.29, 0.717) is 12.3 Å². The number of carbonyl (C=O) groups is 1. The van der Waals surface area contributed by atoms with Crippen molar-refractivity contribution in [3.8, 4) is 5.75 Å². The Kier molecular flexibility index (Phi) is 6.89. The number of hydrogen-bond acceptors (Lipinski definition) is 6. The van der Waals surface area contributed by atoms with Gasteiger partial charge in [-0.05, 0) is 34.5 Å². The SMILES string of the molecule is O=C(COc1ccc([N+](=O)[O-])cc1)NCCSCc1ccsc1. The highest BCUT2D eigenvalue weighted by Gasteiger charge is 2.06. The lowest BCUT2D eigenvalue weighted by Crippen LogP contribution is -2.30. The summed E-state index contributed by atoms with van der Waals surface area (Å²) in [6, 6.07) is 7.72. The molecule has 23 heavy (non-hydrogen) atoms.